The van der Waals surface area contributed by atoms with Crippen LogP contribution in [0.15, 0.2) is 35.2 Å². The lowest BCUT2D eigenvalue weighted by Crippen LogP contribution is -2.62. The van der Waals surface area contributed by atoms with Gasteiger partial charge in [-0.1, -0.05) is 45.9 Å². The largest absolute Gasteiger partial charge is 0.356 e. The van der Waals surface area contributed by atoms with Crippen LogP contribution < -0.4 is 4.90 Å². The van der Waals surface area contributed by atoms with E-state index in [2.05, 4.69) is 68.9 Å². The van der Waals surface area contributed by atoms with Crippen molar-refractivity contribution >= 4 is 11.9 Å². The molecule has 0 saturated heterocycles. The molecule has 0 aromatic heterocycles. The molecule has 0 saturated carbocycles. The maximum Gasteiger partial charge on any atom is 0.150 e. The van der Waals surface area contributed by atoms with Gasteiger partial charge in [-0.25, -0.2) is 4.99 Å². The summed E-state index contributed by atoms with van der Waals surface area (Å²) in [4.78, 5) is 9.55. The van der Waals surface area contributed by atoms with Gasteiger partial charge in [0.1, 0.15) is 6.17 Å². The molecule has 0 amide bonds. The maximum atomic E-state index is 4.70. The quantitative estimate of drug-likeness (QED) is 0.818. The highest BCUT2D eigenvalue weighted by Crippen LogP contribution is 2.60. The van der Waals surface area contributed by atoms with Crippen molar-refractivity contribution in [3.63, 3.8) is 0 Å². The molecule has 3 unspecified atom stereocenters. The Hall–Kier alpha value is -1.77. The Balaban J connectivity index is 2.09. The second kappa shape index (κ2) is 4.15. The summed E-state index contributed by atoms with van der Waals surface area (Å²) in [6, 6.07) is 6.72. The molecule has 0 radical (unpaired) electrons. The van der Waals surface area contributed by atoms with Crippen LogP contribution in [0, 0.1) is 5.41 Å². The van der Waals surface area contributed by atoms with Crippen LogP contribution in [0.4, 0.5) is 5.69 Å². The summed E-state index contributed by atoms with van der Waals surface area (Å²) in [5.74, 6) is 1.09. The van der Waals surface area contributed by atoms with Gasteiger partial charge in [0.2, 0.25) is 0 Å². The average molecular weight is 295 g/mol. The minimum absolute atomic E-state index is 0.164. The lowest BCUT2D eigenvalue weighted by Gasteiger charge is -2.59. The second-order valence-electron chi connectivity index (χ2n) is 7.35. The van der Waals surface area contributed by atoms with E-state index in [4.69, 9.17) is 4.99 Å². The van der Waals surface area contributed by atoms with Gasteiger partial charge >= 0.3 is 0 Å². The summed E-state index contributed by atoms with van der Waals surface area (Å²) in [7, 11) is 2.20. The summed E-state index contributed by atoms with van der Waals surface area (Å²) in [6.45, 7) is 9.59. The third-order valence-electron chi connectivity index (χ3n) is 6.71. The Bertz CT molecular complexity index is 705. The fraction of sp³-hybridized carbons (Fsp3) is 0.526. The molecule has 3 heteroatoms. The van der Waals surface area contributed by atoms with Gasteiger partial charge in [-0.2, -0.15) is 0 Å². The lowest BCUT2D eigenvalue weighted by molar-refractivity contribution is 0.0388. The Morgan fingerprint density at radius 2 is 1.95 bits per heavy atom. The molecule has 3 aliphatic heterocycles. The van der Waals surface area contributed by atoms with Crippen molar-refractivity contribution in [1.29, 1.82) is 0 Å². The van der Waals surface area contributed by atoms with Crippen molar-refractivity contribution < 1.29 is 0 Å². The van der Waals surface area contributed by atoms with Gasteiger partial charge in [0.15, 0.2) is 5.82 Å². The molecule has 3 nitrogen and oxygen atoms in total. The standard InChI is InChI=1S/C19H25N3/c1-6-18(3)14-10-8-9-13-11-20-15-12-21(5)17(19(18,4)7-2)22(15)16(13)14/h8-12,17H,6-7H2,1-5H3. The van der Waals surface area contributed by atoms with Crippen molar-refractivity contribution in [2.24, 2.45) is 10.4 Å². The first kappa shape index (κ1) is 13.9. The molecular weight excluding hydrogens is 270 g/mol. The van der Waals surface area contributed by atoms with Gasteiger partial charge < -0.3 is 9.80 Å². The molecule has 1 aromatic carbocycles. The van der Waals surface area contributed by atoms with Gasteiger partial charge in [0, 0.05) is 35.9 Å². The van der Waals surface area contributed by atoms with Crippen LogP contribution in [0.5, 0.6) is 0 Å². The van der Waals surface area contributed by atoms with Crippen molar-refractivity contribution in [2.45, 2.75) is 52.1 Å². The molecule has 0 N–H and O–H groups in total. The van der Waals surface area contributed by atoms with E-state index in [0.717, 1.165) is 18.7 Å². The van der Waals surface area contributed by atoms with E-state index in [1.54, 1.807) is 0 Å². The van der Waals surface area contributed by atoms with E-state index < -0.39 is 0 Å². The Kier molecular flexibility index (Phi) is 2.62. The molecule has 0 bridgehead atoms. The molecule has 0 aliphatic carbocycles. The Morgan fingerprint density at radius 3 is 2.64 bits per heavy atom. The number of nitrogens with zero attached hydrogens (tertiary/aromatic N) is 3. The number of hydrogen-bond donors (Lipinski definition) is 0. The van der Waals surface area contributed by atoms with Gasteiger partial charge in [0.05, 0.1) is 5.69 Å². The predicted octanol–water partition coefficient (Wildman–Crippen LogP) is 4.09. The highest BCUT2D eigenvalue weighted by atomic mass is 15.5. The first-order chi connectivity index (χ1) is 10.5. The van der Waals surface area contributed by atoms with Crippen LogP contribution >= 0.6 is 0 Å². The molecule has 1 aromatic rings. The zero-order chi connectivity index (χ0) is 15.7. The summed E-state index contributed by atoms with van der Waals surface area (Å²) < 4.78 is 0. The van der Waals surface area contributed by atoms with Crippen LogP contribution in [0.1, 0.15) is 51.7 Å². The monoisotopic (exact) mass is 295 g/mol. The third kappa shape index (κ3) is 1.31. The fourth-order valence-electron chi connectivity index (χ4n) is 4.96. The smallest absolute Gasteiger partial charge is 0.150 e. The zero-order valence-electron chi connectivity index (χ0n) is 14.2. The Morgan fingerprint density at radius 1 is 1.18 bits per heavy atom. The van der Waals surface area contributed by atoms with Crippen LogP contribution in [0.3, 0.4) is 0 Å². The fourth-order valence-corrected chi connectivity index (χ4v) is 4.96. The summed E-state index contributed by atoms with van der Waals surface area (Å²) in [5, 5.41) is 0. The van der Waals surface area contributed by atoms with Gasteiger partial charge in [-0.3, -0.25) is 0 Å². The molecule has 3 aliphatic rings. The van der Waals surface area contributed by atoms with E-state index in [9.17, 15) is 0 Å². The SMILES string of the molecule is CCC1(C)c2cccc3c2N2C(=CN(C)C2C1(C)CC)N=C3. The summed E-state index contributed by atoms with van der Waals surface area (Å²) in [5.41, 5.74) is 4.46. The second-order valence-corrected chi connectivity index (χ2v) is 7.35. The van der Waals surface area contributed by atoms with E-state index >= 15 is 0 Å². The van der Waals surface area contributed by atoms with Crippen molar-refractivity contribution in [3.05, 3.63) is 41.3 Å². The molecule has 0 fully saturated rings. The average Bonchev–Trinajstić information content (AvgIpc) is 2.88. The minimum atomic E-state index is 0.164. The van der Waals surface area contributed by atoms with E-state index in [0.29, 0.717) is 6.17 Å². The van der Waals surface area contributed by atoms with Crippen molar-refractivity contribution in [1.82, 2.24) is 4.90 Å². The molecule has 22 heavy (non-hydrogen) atoms. The number of rotatable bonds is 2. The first-order valence-electron chi connectivity index (χ1n) is 8.38. The molecule has 4 rings (SSSR count). The number of aliphatic imine (C=N–C) groups is 1. The van der Waals surface area contributed by atoms with E-state index in [1.165, 1.54) is 16.8 Å². The number of anilines is 1. The van der Waals surface area contributed by atoms with Crippen LogP contribution in [0.2, 0.25) is 0 Å². The molecule has 3 heterocycles. The maximum absolute atomic E-state index is 4.70. The molecule has 0 spiro atoms. The first-order valence-corrected chi connectivity index (χ1v) is 8.38. The minimum Gasteiger partial charge on any atom is -0.356 e. The van der Waals surface area contributed by atoms with Gasteiger partial charge in [-0.15, -0.1) is 0 Å². The van der Waals surface area contributed by atoms with Gasteiger partial charge in [-0.05, 0) is 18.4 Å². The normalized spacial score (nSPS) is 34.8. The van der Waals surface area contributed by atoms with E-state index in [1.807, 2.05) is 6.21 Å². The number of hydrogen-bond acceptors (Lipinski definition) is 3. The summed E-state index contributed by atoms with van der Waals surface area (Å²) >= 11 is 0. The van der Waals surface area contributed by atoms with Crippen molar-refractivity contribution in [3.8, 4) is 0 Å². The molecular formula is C19H25N3. The van der Waals surface area contributed by atoms with Crippen LogP contribution in [-0.2, 0) is 5.41 Å². The summed E-state index contributed by atoms with van der Waals surface area (Å²) in [6.07, 6.45) is 6.89. The topological polar surface area (TPSA) is 18.8 Å². The van der Waals surface area contributed by atoms with Crippen molar-refractivity contribution in [2.75, 3.05) is 11.9 Å². The zero-order valence-corrected chi connectivity index (χ0v) is 14.2. The Labute approximate surface area is 133 Å². The highest BCUT2D eigenvalue weighted by Gasteiger charge is 2.59. The van der Waals surface area contributed by atoms with E-state index in [-0.39, 0.29) is 10.8 Å². The number of benzene rings is 1. The number of para-hydroxylation sites is 1. The van der Waals surface area contributed by atoms with Crippen LogP contribution in [0.25, 0.3) is 0 Å². The van der Waals surface area contributed by atoms with Gasteiger partial charge in [0.25, 0.3) is 0 Å². The predicted molar refractivity (Wildman–Crippen MR) is 92.2 cm³/mol. The molecule has 116 valence electrons. The third-order valence-corrected chi connectivity index (χ3v) is 6.71. The highest BCUT2D eigenvalue weighted by molar-refractivity contribution is 5.94. The van der Waals surface area contributed by atoms with Crippen LogP contribution in [-0.4, -0.2) is 24.3 Å². The molecule has 3 atom stereocenters. The lowest BCUT2D eigenvalue weighted by atomic mass is 9.55.